The quantitative estimate of drug-likeness (QED) is 0.619. The summed E-state index contributed by atoms with van der Waals surface area (Å²) in [7, 11) is 0. The Morgan fingerprint density at radius 2 is 2.33 bits per heavy atom. The molecule has 0 unspecified atom stereocenters. The van der Waals surface area contributed by atoms with Crippen LogP contribution in [0.5, 0.6) is 0 Å². The Morgan fingerprint density at radius 1 is 1.58 bits per heavy atom. The van der Waals surface area contributed by atoms with Gasteiger partial charge in [-0.25, -0.2) is 4.79 Å². The van der Waals surface area contributed by atoms with Crippen molar-refractivity contribution in [1.82, 2.24) is 0 Å². The SMILES string of the molecule is NCc1cc(Br)ccc1N=C=O. The normalized spacial score (nSPS) is 9.17. The van der Waals surface area contributed by atoms with Gasteiger partial charge in [-0.1, -0.05) is 15.9 Å². The molecule has 0 bridgehead atoms. The highest BCUT2D eigenvalue weighted by atomic mass is 79.9. The second-order valence-corrected chi connectivity index (χ2v) is 3.10. The van der Waals surface area contributed by atoms with Gasteiger partial charge >= 0.3 is 0 Å². The Kier molecular flexibility index (Phi) is 3.17. The number of rotatable bonds is 2. The van der Waals surface area contributed by atoms with Crippen molar-refractivity contribution in [3.8, 4) is 0 Å². The lowest BCUT2D eigenvalue weighted by atomic mass is 10.2. The molecule has 1 aromatic carbocycles. The number of hydrogen-bond acceptors (Lipinski definition) is 3. The predicted molar refractivity (Wildman–Crippen MR) is 49.8 cm³/mol. The maximum absolute atomic E-state index is 9.98. The minimum Gasteiger partial charge on any atom is -0.326 e. The van der Waals surface area contributed by atoms with Gasteiger partial charge in [0.25, 0.3) is 0 Å². The van der Waals surface area contributed by atoms with Gasteiger partial charge in [-0.05, 0) is 23.8 Å². The minimum atomic E-state index is 0.361. The fraction of sp³-hybridized carbons (Fsp3) is 0.125. The van der Waals surface area contributed by atoms with Crippen LogP contribution in [-0.2, 0) is 11.3 Å². The summed E-state index contributed by atoms with van der Waals surface area (Å²) in [6, 6.07) is 5.35. The van der Waals surface area contributed by atoms with E-state index in [1.807, 2.05) is 6.07 Å². The zero-order chi connectivity index (χ0) is 8.97. The van der Waals surface area contributed by atoms with E-state index in [1.165, 1.54) is 6.08 Å². The lowest BCUT2D eigenvalue weighted by Gasteiger charge is -2.00. The molecule has 0 atom stereocenters. The minimum absolute atomic E-state index is 0.361. The zero-order valence-corrected chi connectivity index (χ0v) is 7.84. The van der Waals surface area contributed by atoms with Gasteiger partial charge in [0.1, 0.15) is 0 Å². The molecule has 4 heteroatoms. The molecule has 0 aliphatic carbocycles. The van der Waals surface area contributed by atoms with Gasteiger partial charge in [-0.3, -0.25) is 0 Å². The molecule has 0 aromatic heterocycles. The molecule has 2 N–H and O–H groups in total. The van der Waals surface area contributed by atoms with Gasteiger partial charge in [0, 0.05) is 11.0 Å². The van der Waals surface area contributed by atoms with E-state index in [9.17, 15) is 4.79 Å². The number of carbonyl (C=O) groups excluding carboxylic acids is 1. The van der Waals surface area contributed by atoms with Crippen molar-refractivity contribution in [2.24, 2.45) is 10.7 Å². The molecule has 0 fully saturated rings. The summed E-state index contributed by atoms with van der Waals surface area (Å²) in [6.45, 7) is 0.361. The van der Waals surface area contributed by atoms with Crippen molar-refractivity contribution in [3.63, 3.8) is 0 Å². The monoisotopic (exact) mass is 226 g/mol. The van der Waals surface area contributed by atoms with Gasteiger partial charge in [0.2, 0.25) is 6.08 Å². The number of nitrogens with zero attached hydrogens (tertiary/aromatic N) is 1. The number of nitrogens with two attached hydrogens (primary N) is 1. The van der Waals surface area contributed by atoms with Gasteiger partial charge in [0.15, 0.2) is 0 Å². The molecular formula is C8H7BrN2O. The van der Waals surface area contributed by atoms with E-state index in [2.05, 4.69) is 20.9 Å². The van der Waals surface area contributed by atoms with Gasteiger partial charge < -0.3 is 5.73 Å². The van der Waals surface area contributed by atoms with Crippen LogP contribution in [0.4, 0.5) is 5.69 Å². The first-order valence-corrected chi connectivity index (χ1v) is 4.13. The van der Waals surface area contributed by atoms with E-state index in [1.54, 1.807) is 12.1 Å². The topological polar surface area (TPSA) is 55.4 Å². The van der Waals surface area contributed by atoms with E-state index in [0.29, 0.717) is 12.2 Å². The molecule has 1 aromatic rings. The van der Waals surface area contributed by atoms with Crippen molar-refractivity contribution in [1.29, 1.82) is 0 Å². The number of aliphatic imine (C=N–C) groups is 1. The molecule has 0 aliphatic rings. The fourth-order valence-corrected chi connectivity index (χ4v) is 1.28. The Bertz CT molecular complexity index is 332. The lowest BCUT2D eigenvalue weighted by Crippen LogP contribution is -1.96. The number of hydrogen-bond donors (Lipinski definition) is 1. The van der Waals surface area contributed by atoms with Crippen LogP contribution in [0.15, 0.2) is 27.7 Å². The van der Waals surface area contributed by atoms with E-state index in [0.717, 1.165) is 10.0 Å². The van der Waals surface area contributed by atoms with Crippen molar-refractivity contribution in [2.75, 3.05) is 0 Å². The number of halogens is 1. The molecule has 0 saturated carbocycles. The van der Waals surface area contributed by atoms with Gasteiger partial charge in [0.05, 0.1) is 5.69 Å². The standard InChI is InChI=1S/C8H7BrN2O/c9-7-1-2-8(11-5-12)6(3-7)4-10/h1-3H,4,10H2. The van der Waals surface area contributed by atoms with E-state index in [-0.39, 0.29) is 0 Å². The van der Waals surface area contributed by atoms with Crippen molar-refractivity contribution >= 4 is 27.7 Å². The molecule has 62 valence electrons. The fourth-order valence-electron chi connectivity index (χ4n) is 0.876. The summed E-state index contributed by atoms with van der Waals surface area (Å²) < 4.78 is 0.924. The predicted octanol–water partition coefficient (Wildman–Crippen LogP) is 1.88. The van der Waals surface area contributed by atoms with Crippen LogP contribution in [0.2, 0.25) is 0 Å². The molecule has 0 aliphatic heterocycles. The first-order chi connectivity index (χ1) is 5.77. The Labute approximate surface area is 78.4 Å². The van der Waals surface area contributed by atoms with Crippen molar-refractivity contribution in [2.45, 2.75) is 6.54 Å². The molecule has 1 rings (SSSR count). The summed E-state index contributed by atoms with van der Waals surface area (Å²) in [6.07, 6.45) is 1.48. The van der Waals surface area contributed by atoms with Crippen LogP contribution in [0, 0.1) is 0 Å². The third kappa shape index (κ3) is 2.01. The Balaban J connectivity index is 3.19. The van der Waals surface area contributed by atoms with Crippen LogP contribution in [0.25, 0.3) is 0 Å². The van der Waals surface area contributed by atoms with Crippen LogP contribution in [0.3, 0.4) is 0 Å². The van der Waals surface area contributed by atoms with Crippen LogP contribution in [0.1, 0.15) is 5.56 Å². The Hall–Kier alpha value is -0.960. The highest BCUT2D eigenvalue weighted by molar-refractivity contribution is 9.10. The van der Waals surface area contributed by atoms with Crippen LogP contribution >= 0.6 is 15.9 Å². The number of isocyanates is 1. The number of benzene rings is 1. The summed E-state index contributed by atoms with van der Waals surface area (Å²) in [4.78, 5) is 13.5. The molecular weight excluding hydrogens is 220 g/mol. The second-order valence-electron chi connectivity index (χ2n) is 2.18. The summed E-state index contributed by atoms with van der Waals surface area (Å²) in [5.74, 6) is 0. The van der Waals surface area contributed by atoms with E-state index in [4.69, 9.17) is 5.73 Å². The van der Waals surface area contributed by atoms with Gasteiger partial charge in [-0.15, -0.1) is 0 Å². The summed E-state index contributed by atoms with van der Waals surface area (Å²) in [5.41, 5.74) is 6.85. The van der Waals surface area contributed by atoms with Crippen molar-refractivity contribution in [3.05, 3.63) is 28.2 Å². The van der Waals surface area contributed by atoms with Crippen molar-refractivity contribution < 1.29 is 4.79 Å². The average Bonchev–Trinajstić information content (AvgIpc) is 2.08. The second kappa shape index (κ2) is 4.16. The highest BCUT2D eigenvalue weighted by Gasteiger charge is 1.99. The molecule has 0 heterocycles. The lowest BCUT2D eigenvalue weighted by molar-refractivity contribution is 0.565. The molecule has 0 saturated heterocycles. The smallest absolute Gasteiger partial charge is 0.240 e. The van der Waals surface area contributed by atoms with Crippen LogP contribution in [-0.4, -0.2) is 6.08 Å². The maximum atomic E-state index is 9.98. The first kappa shape index (κ1) is 9.13. The largest absolute Gasteiger partial charge is 0.326 e. The first-order valence-electron chi connectivity index (χ1n) is 3.34. The van der Waals surface area contributed by atoms with E-state index >= 15 is 0 Å². The maximum Gasteiger partial charge on any atom is 0.240 e. The summed E-state index contributed by atoms with van der Waals surface area (Å²) >= 11 is 3.29. The third-order valence-electron chi connectivity index (χ3n) is 1.43. The molecule has 0 radical (unpaired) electrons. The third-order valence-corrected chi connectivity index (χ3v) is 1.92. The van der Waals surface area contributed by atoms with E-state index < -0.39 is 0 Å². The highest BCUT2D eigenvalue weighted by Crippen LogP contribution is 2.22. The molecule has 0 spiro atoms. The molecule has 0 amide bonds. The Morgan fingerprint density at radius 3 is 2.92 bits per heavy atom. The molecule has 3 nitrogen and oxygen atoms in total. The molecule has 12 heavy (non-hydrogen) atoms. The van der Waals surface area contributed by atoms with Crippen LogP contribution < -0.4 is 5.73 Å². The zero-order valence-electron chi connectivity index (χ0n) is 6.25. The van der Waals surface area contributed by atoms with Gasteiger partial charge in [-0.2, -0.15) is 4.99 Å². The average molecular weight is 227 g/mol. The summed E-state index contributed by atoms with van der Waals surface area (Å²) in [5, 5.41) is 0.